The monoisotopic (exact) mass is 906 g/mol. The number of halogens is 2. The summed E-state index contributed by atoms with van der Waals surface area (Å²) in [6.07, 6.45) is 6.33. The first-order chi connectivity index (χ1) is 31.1. The summed E-state index contributed by atoms with van der Waals surface area (Å²) in [5.41, 5.74) is 3.11. The van der Waals surface area contributed by atoms with Gasteiger partial charge in [-0.05, 0) is 104 Å². The first kappa shape index (κ1) is 47.9. The maximum absolute atomic E-state index is 14.5. The number of carbonyl (C=O) groups is 2. The molecule has 6 atom stereocenters. The number of ether oxygens (including phenoxy) is 4. The van der Waals surface area contributed by atoms with Gasteiger partial charge in [0, 0.05) is 56.3 Å². The molecule has 3 aliphatic rings. The second-order valence-electron chi connectivity index (χ2n) is 15.9. The van der Waals surface area contributed by atoms with Crippen molar-refractivity contribution in [2.24, 2.45) is 22.9 Å². The highest BCUT2D eigenvalue weighted by molar-refractivity contribution is 6.18. The number of rotatable bonds is 22. The van der Waals surface area contributed by atoms with Crippen LogP contribution in [0.15, 0.2) is 96.2 Å². The van der Waals surface area contributed by atoms with Crippen LogP contribution in [0, 0.1) is 33.7 Å². The maximum Gasteiger partial charge on any atom is 0.412 e. The van der Waals surface area contributed by atoms with Gasteiger partial charge in [0.25, 0.3) is 5.69 Å². The number of nitro groups is 1. The van der Waals surface area contributed by atoms with Crippen LogP contribution in [0.4, 0.5) is 19.7 Å². The van der Waals surface area contributed by atoms with Gasteiger partial charge in [-0.3, -0.25) is 15.0 Å². The van der Waals surface area contributed by atoms with Gasteiger partial charge in [0.05, 0.1) is 29.0 Å². The molecule has 2 amide bonds. The van der Waals surface area contributed by atoms with Crippen molar-refractivity contribution in [1.29, 1.82) is 0 Å². The van der Waals surface area contributed by atoms with E-state index in [0.717, 1.165) is 11.1 Å². The molecule has 15 nitrogen and oxygen atoms in total. The van der Waals surface area contributed by atoms with Gasteiger partial charge in [0.15, 0.2) is 0 Å². The predicted octanol–water partition coefficient (Wildman–Crippen LogP) is 8.55. The average Bonchev–Trinajstić information content (AvgIpc) is 3.29. The fourth-order valence-electron chi connectivity index (χ4n) is 9.20. The molecule has 344 valence electrons. The topological polar surface area (TPSA) is 192 Å². The van der Waals surface area contributed by atoms with Gasteiger partial charge >= 0.3 is 12.2 Å². The Morgan fingerprint density at radius 3 is 2.45 bits per heavy atom. The predicted molar refractivity (Wildman–Crippen MR) is 237 cm³/mol. The number of hydrogen-bond donors (Lipinski definition) is 3. The van der Waals surface area contributed by atoms with Crippen LogP contribution in [-0.4, -0.2) is 88.6 Å². The number of nitro benzene ring substituents is 1. The number of hydrogen-bond acceptors (Lipinski definition) is 12. The molecule has 1 saturated carbocycles. The van der Waals surface area contributed by atoms with E-state index < -0.39 is 46.6 Å². The summed E-state index contributed by atoms with van der Waals surface area (Å²) < 4.78 is 39.9. The van der Waals surface area contributed by atoms with E-state index in [1.165, 1.54) is 29.2 Å². The van der Waals surface area contributed by atoms with Crippen LogP contribution in [0.2, 0.25) is 0 Å². The van der Waals surface area contributed by atoms with E-state index in [9.17, 15) is 34.3 Å². The van der Waals surface area contributed by atoms with E-state index in [-0.39, 0.29) is 75.2 Å². The lowest BCUT2D eigenvalue weighted by molar-refractivity contribution is -0.384. The van der Waals surface area contributed by atoms with Gasteiger partial charge in [0.2, 0.25) is 5.79 Å². The molecular formula is C47H56ClFN4O11. The lowest BCUT2D eigenvalue weighted by Crippen LogP contribution is -2.70. The Morgan fingerprint density at radius 2 is 1.78 bits per heavy atom. The number of carbonyl (C=O) groups excluding carboxylic acids is 2. The molecule has 0 spiro atoms. The number of non-ortho nitro benzene ring substituents is 1. The number of benzene rings is 3. The van der Waals surface area contributed by atoms with Gasteiger partial charge in [0.1, 0.15) is 36.6 Å². The zero-order valence-electron chi connectivity index (χ0n) is 35.9. The summed E-state index contributed by atoms with van der Waals surface area (Å²) >= 11 is 6.05. The Kier molecular flexibility index (Phi) is 17.1. The van der Waals surface area contributed by atoms with E-state index >= 15 is 0 Å². The number of fused-ring (bicyclic) bond motifs is 2. The van der Waals surface area contributed by atoms with Crippen LogP contribution < -0.4 is 14.8 Å². The third kappa shape index (κ3) is 11.2. The number of oxime groups is 1. The molecule has 0 aromatic heterocycles. The van der Waals surface area contributed by atoms with Crippen LogP contribution >= 0.6 is 11.6 Å². The maximum atomic E-state index is 14.5. The van der Waals surface area contributed by atoms with E-state index in [4.69, 9.17) is 40.5 Å². The zero-order valence-corrected chi connectivity index (χ0v) is 36.6. The molecule has 3 aromatic carbocycles. The Morgan fingerprint density at radius 1 is 1.06 bits per heavy atom. The van der Waals surface area contributed by atoms with Gasteiger partial charge in [-0.15, -0.1) is 18.2 Å². The molecule has 1 aliphatic heterocycles. The summed E-state index contributed by atoms with van der Waals surface area (Å²) in [6, 6.07) is 15.9. The van der Waals surface area contributed by atoms with Gasteiger partial charge in [-0.1, -0.05) is 42.3 Å². The number of alkyl halides is 1. The number of nitrogens with one attached hydrogen (secondary N) is 1. The summed E-state index contributed by atoms with van der Waals surface area (Å²) in [5.74, 6) is -2.70. The second-order valence-corrected chi connectivity index (χ2v) is 16.3. The molecule has 3 aromatic rings. The quantitative estimate of drug-likeness (QED) is 0.0288. The van der Waals surface area contributed by atoms with Crippen LogP contribution in [-0.2, 0) is 27.5 Å². The number of aliphatic hydroxyl groups is 2. The molecule has 1 fully saturated rings. The van der Waals surface area contributed by atoms with E-state index in [0.29, 0.717) is 67.7 Å². The van der Waals surface area contributed by atoms with Crippen LogP contribution in [0.3, 0.4) is 0 Å². The van der Waals surface area contributed by atoms with Crippen molar-refractivity contribution in [3.8, 4) is 11.5 Å². The fourth-order valence-corrected chi connectivity index (χ4v) is 9.27. The molecule has 0 radical (unpaired) electrons. The molecule has 0 unspecified atom stereocenters. The molecule has 0 saturated heterocycles. The fraction of sp³-hybridized carbons (Fsp3) is 0.468. The summed E-state index contributed by atoms with van der Waals surface area (Å²) in [5, 5.41) is 38.6. The highest BCUT2D eigenvalue weighted by atomic mass is 35.5. The van der Waals surface area contributed by atoms with E-state index in [2.05, 4.69) is 18.0 Å². The lowest BCUT2D eigenvalue weighted by atomic mass is 9.55. The normalized spacial score (nSPS) is 22.5. The van der Waals surface area contributed by atoms with Crippen molar-refractivity contribution in [2.45, 2.75) is 82.8 Å². The highest BCUT2D eigenvalue weighted by Gasteiger charge is 2.65. The number of nitrogens with zero attached hydrogens (tertiary/aromatic N) is 3. The minimum Gasteiger partial charge on any atom is -0.459 e. The van der Waals surface area contributed by atoms with Gasteiger partial charge in [-0.25, -0.2) is 14.0 Å². The van der Waals surface area contributed by atoms with Crippen molar-refractivity contribution < 1.29 is 52.9 Å². The molecule has 3 N–H and O–H groups in total. The van der Waals surface area contributed by atoms with Crippen LogP contribution in [0.5, 0.6) is 11.5 Å². The molecule has 17 heteroatoms. The Hall–Kier alpha value is -5.55. The Bertz CT molecular complexity index is 2140. The van der Waals surface area contributed by atoms with Crippen molar-refractivity contribution in [3.05, 3.63) is 124 Å². The Balaban J connectivity index is 1.59. The van der Waals surface area contributed by atoms with Crippen molar-refractivity contribution in [2.75, 3.05) is 38.9 Å². The molecule has 2 aliphatic carbocycles. The van der Waals surface area contributed by atoms with Gasteiger partial charge < -0.3 is 39.3 Å². The molecular weight excluding hydrogens is 851 g/mol. The first-order valence-electron chi connectivity index (χ1n) is 21.7. The minimum absolute atomic E-state index is 0.0000601. The average molecular weight is 907 g/mol. The van der Waals surface area contributed by atoms with E-state index in [1.807, 2.05) is 0 Å². The van der Waals surface area contributed by atoms with Crippen molar-refractivity contribution in [3.63, 3.8) is 0 Å². The lowest BCUT2D eigenvalue weighted by Gasteiger charge is -2.59. The highest BCUT2D eigenvalue weighted by Crippen LogP contribution is 2.62. The third-order valence-electron chi connectivity index (χ3n) is 11.9. The van der Waals surface area contributed by atoms with E-state index in [1.54, 1.807) is 55.5 Å². The summed E-state index contributed by atoms with van der Waals surface area (Å²) in [6.45, 7) is 5.93. The third-order valence-corrected chi connectivity index (χ3v) is 12.1. The summed E-state index contributed by atoms with van der Waals surface area (Å²) in [4.78, 5) is 45.7. The van der Waals surface area contributed by atoms with Crippen LogP contribution in [0.1, 0.15) is 74.5 Å². The number of unbranched alkanes of at least 4 members (excludes halogenated alkanes) is 2. The molecule has 6 rings (SSSR count). The zero-order chi connectivity index (χ0) is 45.6. The van der Waals surface area contributed by atoms with Crippen molar-refractivity contribution >= 4 is 35.2 Å². The molecule has 1 heterocycles. The van der Waals surface area contributed by atoms with Gasteiger partial charge in [-0.2, -0.15) is 0 Å². The smallest absolute Gasteiger partial charge is 0.412 e. The number of amides is 2. The number of allylic oxidation sites excluding steroid dienone is 1. The number of aliphatic hydroxyl groups excluding tert-OH is 2. The minimum atomic E-state index is -1.65. The second kappa shape index (κ2) is 22.9. The molecule has 0 bridgehead atoms. The first-order valence-corrected chi connectivity index (χ1v) is 22.2. The SMILES string of the molecule is C=CCO[C@@]12Oc3ccc(OC(=O)NCC)cc3[C@H]3[C@H](CCCCO)[C@@H](CCCCO)C=C(C(=NOCc4ccc([N+](=O)[O-])cc4)C[C@@H]1N(Cc1ccc(F)cc1)C(=O)OCCCl)[C@H]32. The standard InChI is InChI=1S/C47H56ClFN4O11/c1-3-24-61-47-42(52(46(57)60-25-21-48)29-31-11-15-34(49)16-12-31)28-40(51-62-30-32-13-17-35(18-14-32)53(58)59)38-26-33(9-5-7-22-54)37(10-6-8-23-55)43(44(38)47)39-27-36(19-20-41(39)64-47)63-45(56)50-4-2/h3,11-20,26-27,33,37,42-44,54-55H,1,4-10,21-25,28-30H2,2H3,(H,50,56)/t33-,37+,42-,43+,44+,47+/m0/s1. The molecule has 64 heavy (non-hydrogen) atoms. The van der Waals surface area contributed by atoms with Crippen molar-refractivity contribution in [1.82, 2.24) is 10.2 Å². The largest absolute Gasteiger partial charge is 0.459 e. The summed E-state index contributed by atoms with van der Waals surface area (Å²) in [7, 11) is 0. The Labute approximate surface area is 376 Å². The van der Waals surface area contributed by atoms with Crippen LogP contribution in [0.25, 0.3) is 0 Å².